The molecule has 0 unspecified atom stereocenters. The minimum Gasteiger partial charge on any atom is -0.491 e. The van der Waals surface area contributed by atoms with Crippen LogP contribution in [0.2, 0.25) is 0 Å². The molecule has 0 saturated carbocycles. The molecule has 0 aliphatic rings. The van der Waals surface area contributed by atoms with Crippen LogP contribution < -0.4 is 14.8 Å². The van der Waals surface area contributed by atoms with Crippen molar-refractivity contribution in [3.05, 3.63) is 77.5 Å². The van der Waals surface area contributed by atoms with Crippen molar-refractivity contribution >= 4 is 22.6 Å². The number of amides is 1. The van der Waals surface area contributed by atoms with Crippen LogP contribution in [0.15, 0.2) is 60.7 Å². The maximum absolute atomic E-state index is 12.6. The monoisotopic (exact) mass is 430 g/mol. The van der Waals surface area contributed by atoms with Crippen LogP contribution in [-0.4, -0.2) is 33.9 Å². The predicted octanol–water partition coefficient (Wildman–Crippen LogP) is 4.22. The van der Waals surface area contributed by atoms with E-state index in [0.717, 1.165) is 28.7 Å². The maximum Gasteiger partial charge on any atom is 0.262 e. The van der Waals surface area contributed by atoms with E-state index >= 15 is 0 Å². The lowest BCUT2D eigenvalue weighted by atomic mass is 10.2. The molecule has 1 N–H and O–H groups in total. The Bertz CT molecular complexity index is 1230. The van der Waals surface area contributed by atoms with Gasteiger partial charge in [0.25, 0.3) is 5.91 Å². The van der Waals surface area contributed by atoms with Crippen LogP contribution in [-0.2, 0) is 18.3 Å². The first-order chi connectivity index (χ1) is 15.5. The summed E-state index contributed by atoms with van der Waals surface area (Å²) in [6, 6.07) is 19.5. The highest BCUT2D eigenvalue weighted by Crippen LogP contribution is 2.27. The number of hydrogen-bond donors (Lipinski definition) is 1. The van der Waals surface area contributed by atoms with E-state index in [1.54, 1.807) is 4.68 Å². The molecule has 0 atom stereocenters. The topological polar surface area (TPSA) is 78.3 Å². The van der Waals surface area contributed by atoms with Crippen molar-refractivity contribution in [3.8, 4) is 11.6 Å². The number of benzene rings is 2. The second-order valence-corrected chi connectivity index (χ2v) is 7.62. The average molecular weight is 431 g/mol. The Labute approximate surface area is 187 Å². The molecule has 7 nitrogen and oxygen atoms in total. The van der Waals surface area contributed by atoms with Gasteiger partial charge in [0.1, 0.15) is 5.75 Å². The predicted molar refractivity (Wildman–Crippen MR) is 124 cm³/mol. The third-order valence-electron chi connectivity index (χ3n) is 5.08. The van der Waals surface area contributed by atoms with E-state index in [-0.39, 0.29) is 12.5 Å². The molecule has 0 spiro atoms. The Morgan fingerprint density at radius 2 is 1.78 bits per heavy atom. The minimum atomic E-state index is -0.291. The van der Waals surface area contributed by atoms with Crippen molar-refractivity contribution in [1.82, 2.24) is 14.8 Å². The van der Waals surface area contributed by atoms with Crippen LogP contribution in [0.5, 0.6) is 11.6 Å². The van der Waals surface area contributed by atoms with Gasteiger partial charge in [-0.1, -0.05) is 42.5 Å². The number of fused-ring (bicyclic) bond motifs is 1. The van der Waals surface area contributed by atoms with Crippen LogP contribution in [0.1, 0.15) is 16.8 Å². The summed E-state index contributed by atoms with van der Waals surface area (Å²) < 4.78 is 13.3. The number of para-hydroxylation sites is 2. The molecule has 0 aliphatic heterocycles. The molecular formula is C25H26N4O3. The molecule has 4 aromatic rings. The highest BCUT2D eigenvalue weighted by Gasteiger charge is 2.16. The molecule has 4 rings (SSSR count). The van der Waals surface area contributed by atoms with Gasteiger partial charge >= 0.3 is 0 Å². The first-order valence-corrected chi connectivity index (χ1v) is 10.5. The first kappa shape index (κ1) is 21.4. The minimum absolute atomic E-state index is 0.169. The van der Waals surface area contributed by atoms with Crippen LogP contribution in [0, 0.1) is 13.8 Å². The van der Waals surface area contributed by atoms with E-state index in [1.807, 2.05) is 69.4 Å². The summed E-state index contributed by atoms with van der Waals surface area (Å²) in [6.45, 7) is 4.26. The number of nitrogens with zero attached hydrogens (tertiary/aromatic N) is 3. The third kappa shape index (κ3) is 4.88. The molecule has 32 heavy (non-hydrogen) atoms. The number of carbonyl (C=O) groups is 1. The molecule has 7 heteroatoms. The van der Waals surface area contributed by atoms with Crippen molar-refractivity contribution in [2.75, 3.05) is 18.5 Å². The Morgan fingerprint density at radius 1 is 1.03 bits per heavy atom. The summed E-state index contributed by atoms with van der Waals surface area (Å²) in [7, 11) is 1.81. The molecule has 0 saturated heterocycles. The van der Waals surface area contributed by atoms with Crippen LogP contribution >= 0.6 is 0 Å². The van der Waals surface area contributed by atoms with Crippen LogP contribution in [0.25, 0.3) is 11.0 Å². The van der Waals surface area contributed by atoms with Crippen LogP contribution in [0.4, 0.5) is 5.69 Å². The molecule has 0 bridgehead atoms. The average Bonchev–Trinajstić information content (AvgIpc) is 3.10. The third-order valence-corrected chi connectivity index (χ3v) is 5.08. The van der Waals surface area contributed by atoms with Gasteiger partial charge in [0, 0.05) is 19.2 Å². The maximum atomic E-state index is 12.6. The number of anilines is 1. The summed E-state index contributed by atoms with van der Waals surface area (Å²) in [5, 5.41) is 8.07. The Morgan fingerprint density at radius 3 is 2.59 bits per heavy atom. The summed E-state index contributed by atoms with van der Waals surface area (Å²) in [4.78, 5) is 17.1. The van der Waals surface area contributed by atoms with Crippen molar-refractivity contribution in [2.24, 2.45) is 7.05 Å². The lowest BCUT2D eigenvalue weighted by Gasteiger charge is -2.13. The van der Waals surface area contributed by atoms with Crippen molar-refractivity contribution in [1.29, 1.82) is 0 Å². The van der Waals surface area contributed by atoms with Gasteiger partial charge in [-0.2, -0.15) is 0 Å². The molecule has 0 radical (unpaired) electrons. The zero-order chi connectivity index (χ0) is 22.5. The number of hydrogen-bond acceptors (Lipinski definition) is 5. The second-order valence-electron chi connectivity index (χ2n) is 7.62. The van der Waals surface area contributed by atoms with Gasteiger partial charge in [0.05, 0.1) is 17.7 Å². The van der Waals surface area contributed by atoms with Crippen molar-refractivity contribution in [2.45, 2.75) is 20.3 Å². The van der Waals surface area contributed by atoms with Gasteiger partial charge in [-0.05, 0) is 43.2 Å². The fourth-order valence-corrected chi connectivity index (χ4v) is 3.59. The van der Waals surface area contributed by atoms with E-state index in [0.29, 0.717) is 23.9 Å². The molecule has 2 aromatic carbocycles. The Kier molecular flexibility index (Phi) is 6.35. The van der Waals surface area contributed by atoms with E-state index < -0.39 is 0 Å². The van der Waals surface area contributed by atoms with E-state index in [1.165, 1.54) is 5.56 Å². The summed E-state index contributed by atoms with van der Waals surface area (Å²) >= 11 is 0. The molecule has 2 heterocycles. The van der Waals surface area contributed by atoms with Gasteiger partial charge in [0.2, 0.25) is 5.88 Å². The highest BCUT2D eigenvalue weighted by molar-refractivity contribution is 5.93. The van der Waals surface area contributed by atoms with E-state index in [9.17, 15) is 4.79 Å². The SMILES string of the molecule is Cc1cc(C)c2c(OCC(=O)Nc3ccccc3OCCc3ccccc3)nn(C)c2n1. The summed E-state index contributed by atoms with van der Waals surface area (Å²) in [5.74, 6) is 0.728. The summed E-state index contributed by atoms with van der Waals surface area (Å²) in [6.07, 6.45) is 0.784. The molecule has 2 aromatic heterocycles. The normalized spacial score (nSPS) is 10.8. The fourth-order valence-electron chi connectivity index (χ4n) is 3.59. The standard InChI is InChI=1S/C25H26N4O3/c1-17-15-18(2)26-24-23(17)25(28-29(24)3)32-16-22(30)27-20-11-7-8-12-21(20)31-14-13-19-9-5-4-6-10-19/h4-12,15H,13-14,16H2,1-3H3,(H,27,30). The van der Waals surface area contributed by atoms with Gasteiger partial charge in [-0.15, -0.1) is 5.10 Å². The summed E-state index contributed by atoms with van der Waals surface area (Å²) in [5.41, 5.74) is 4.45. The number of pyridine rings is 1. The molecule has 164 valence electrons. The molecule has 0 fully saturated rings. The van der Waals surface area contributed by atoms with Gasteiger partial charge in [-0.3, -0.25) is 4.79 Å². The van der Waals surface area contributed by atoms with E-state index in [4.69, 9.17) is 9.47 Å². The Hall–Kier alpha value is -3.87. The number of carbonyl (C=O) groups excluding carboxylic acids is 1. The van der Waals surface area contributed by atoms with Gasteiger partial charge < -0.3 is 14.8 Å². The fraction of sp³-hybridized carbons (Fsp3) is 0.240. The largest absolute Gasteiger partial charge is 0.491 e. The number of ether oxygens (including phenoxy) is 2. The number of aromatic nitrogens is 3. The molecule has 0 aliphatic carbocycles. The molecule has 1 amide bonds. The van der Waals surface area contributed by atoms with E-state index in [2.05, 4.69) is 27.5 Å². The lowest BCUT2D eigenvalue weighted by Crippen LogP contribution is -2.21. The van der Waals surface area contributed by atoms with Crippen molar-refractivity contribution < 1.29 is 14.3 Å². The number of aryl methyl sites for hydroxylation is 3. The quantitative estimate of drug-likeness (QED) is 0.453. The van der Waals surface area contributed by atoms with Crippen LogP contribution in [0.3, 0.4) is 0 Å². The zero-order valence-electron chi connectivity index (χ0n) is 18.5. The lowest BCUT2D eigenvalue weighted by molar-refractivity contribution is -0.118. The van der Waals surface area contributed by atoms with Crippen molar-refractivity contribution in [3.63, 3.8) is 0 Å². The highest BCUT2D eigenvalue weighted by atomic mass is 16.5. The number of nitrogens with one attached hydrogen (secondary N) is 1. The zero-order valence-corrected chi connectivity index (χ0v) is 18.5. The number of rotatable bonds is 8. The van der Waals surface area contributed by atoms with Gasteiger partial charge in [-0.25, -0.2) is 9.67 Å². The van der Waals surface area contributed by atoms with Gasteiger partial charge in [0.15, 0.2) is 12.3 Å². The first-order valence-electron chi connectivity index (χ1n) is 10.5. The molecular weight excluding hydrogens is 404 g/mol. The second kappa shape index (κ2) is 9.51. The smallest absolute Gasteiger partial charge is 0.262 e. The Balaban J connectivity index is 1.38.